The molecule has 0 bridgehead atoms. The van der Waals surface area contributed by atoms with Crippen molar-refractivity contribution in [3.63, 3.8) is 0 Å². The number of nitro benzene ring substituents is 1. The maximum Gasteiger partial charge on any atom is 0.408 e. The summed E-state index contributed by atoms with van der Waals surface area (Å²) >= 11 is 0.652. The van der Waals surface area contributed by atoms with Crippen LogP contribution in [-0.2, 0) is 14.3 Å². The van der Waals surface area contributed by atoms with Gasteiger partial charge >= 0.3 is 18.0 Å². The number of nitrogens with zero attached hydrogens (tertiary/aromatic N) is 1. The second kappa shape index (κ2) is 9.54. The number of halogens is 1. The first-order valence-corrected chi connectivity index (χ1v) is 9.10. The van der Waals surface area contributed by atoms with E-state index in [-0.39, 0.29) is 4.90 Å². The van der Waals surface area contributed by atoms with Crippen LogP contribution in [0.5, 0.6) is 0 Å². The minimum absolute atomic E-state index is 0.218. The first-order chi connectivity index (χ1) is 13.3. The molecule has 160 valence electrons. The number of thioether (sulfide) groups is 1. The number of nitrogens with one attached hydrogen (secondary N) is 1. The Labute approximate surface area is 169 Å². The summed E-state index contributed by atoms with van der Waals surface area (Å²) in [4.78, 5) is 45.3. The monoisotopic (exact) mass is 432 g/mol. The van der Waals surface area contributed by atoms with Gasteiger partial charge in [0.1, 0.15) is 23.0 Å². The van der Waals surface area contributed by atoms with Gasteiger partial charge in [-0.25, -0.2) is 18.8 Å². The van der Waals surface area contributed by atoms with E-state index in [4.69, 9.17) is 4.74 Å². The molecular formula is C17H21FN2O8S. The van der Waals surface area contributed by atoms with Crippen LogP contribution in [0, 0.1) is 15.9 Å². The van der Waals surface area contributed by atoms with Gasteiger partial charge in [-0.15, -0.1) is 11.8 Å². The van der Waals surface area contributed by atoms with Crippen LogP contribution in [-0.4, -0.2) is 52.1 Å². The normalized spacial score (nSPS) is 13.2. The molecule has 0 aliphatic rings. The number of ether oxygens (including phenoxy) is 2. The summed E-state index contributed by atoms with van der Waals surface area (Å²) in [6, 6.07) is -0.0246. The molecular weight excluding hydrogens is 411 g/mol. The Morgan fingerprint density at radius 3 is 2.34 bits per heavy atom. The lowest BCUT2D eigenvalue weighted by Gasteiger charge is -2.24. The van der Waals surface area contributed by atoms with Crippen molar-refractivity contribution in [1.82, 2.24) is 5.32 Å². The third kappa shape index (κ3) is 6.89. The van der Waals surface area contributed by atoms with Gasteiger partial charge < -0.3 is 19.9 Å². The van der Waals surface area contributed by atoms with E-state index < -0.39 is 56.9 Å². The van der Waals surface area contributed by atoms with Crippen molar-refractivity contribution >= 4 is 35.5 Å². The average molecular weight is 432 g/mol. The van der Waals surface area contributed by atoms with E-state index in [1.54, 1.807) is 20.8 Å². The summed E-state index contributed by atoms with van der Waals surface area (Å²) in [5, 5.41) is 21.9. The van der Waals surface area contributed by atoms with E-state index in [1.165, 1.54) is 6.92 Å². The fourth-order valence-corrected chi connectivity index (χ4v) is 3.28. The zero-order valence-corrected chi connectivity index (χ0v) is 17.2. The molecule has 0 saturated carbocycles. The number of carboxylic acid groups (broad SMARTS) is 1. The molecule has 2 atom stereocenters. The average Bonchev–Trinajstić information content (AvgIpc) is 2.56. The van der Waals surface area contributed by atoms with Crippen LogP contribution in [0.3, 0.4) is 0 Å². The lowest BCUT2D eigenvalue weighted by atomic mass is 10.2. The zero-order chi connectivity index (χ0) is 22.5. The zero-order valence-electron chi connectivity index (χ0n) is 16.3. The lowest BCUT2D eigenvalue weighted by molar-refractivity contribution is -0.387. The molecule has 0 fully saturated rings. The van der Waals surface area contributed by atoms with Gasteiger partial charge in [-0.2, -0.15) is 0 Å². The fraction of sp³-hybridized carbons (Fsp3) is 0.471. The number of carbonyl (C=O) groups is 3. The number of methoxy groups -OCH3 is 1. The summed E-state index contributed by atoms with van der Waals surface area (Å²) < 4.78 is 23.6. The predicted molar refractivity (Wildman–Crippen MR) is 101 cm³/mol. The number of aliphatic carboxylic acids is 1. The van der Waals surface area contributed by atoms with E-state index in [0.29, 0.717) is 17.8 Å². The molecule has 1 amide bonds. The van der Waals surface area contributed by atoms with Crippen molar-refractivity contribution in [2.45, 2.75) is 49.5 Å². The molecule has 12 heteroatoms. The fourth-order valence-electron chi connectivity index (χ4n) is 2.13. The SMILES string of the molecule is COC(=O)c1cc([N+](=O)[O-])c(SC(C)C(NC(=O)OC(C)(C)C)C(=O)O)cc1F. The van der Waals surface area contributed by atoms with E-state index in [9.17, 15) is 34.0 Å². The highest BCUT2D eigenvalue weighted by Gasteiger charge is 2.32. The maximum absolute atomic E-state index is 14.2. The van der Waals surface area contributed by atoms with Gasteiger partial charge in [-0.1, -0.05) is 6.92 Å². The topological polar surface area (TPSA) is 145 Å². The van der Waals surface area contributed by atoms with Gasteiger partial charge in [0.25, 0.3) is 5.69 Å². The number of benzene rings is 1. The summed E-state index contributed by atoms with van der Waals surface area (Å²) in [5.41, 5.74) is -2.10. The van der Waals surface area contributed by atoms with Crippen molar-refractivity contribution in [3.8, 4) is 0 Å². The number of rotatable bonds is 7. The molecule has 0 radical (unpaired) electrons. The Morgan fingerprint density at radius 2 is 1.90 bits per heavy atom. The van der Waals surface area contributed by atoms with E-state index >= 15 is 0 Å². The minimum atomic E-state index is -1.49. The molecule has 1 rings (SSSR count). The van der Waals surface area contributed by atoms with Crippen molar-refractivity contribution in [1.29, 1.82) is 0 Å². The third-order valence-corrected chi connectivity index (χ3v) is 4.60. The highest BCUT2D eigenvalue weighted by Crippen LogP contribution is 2.35. The van der Waals surface area contributed by atoms with Crippen LogP contribution in [0.2, 0.25) is 0 Å². The van der Waals surface area contributed by atoms with E-state index in [0.717, 1.165) is 13.2 Å². The lowest BCUT2D eigenvalue weighted by Crippen LogP contribution is -2.48. The number of amides is 1. The second-order valence-electron chi connectivity index (χ2n) is 6.83. The molecule has 1 aromatic carbocycles. The Morgan fingerprint density at radius 1 is 1.31 bits per heavy atom. The molecule has 0 saturated heterocycles. The number of alkyl carbamates (subject to hydrolysis) is 1. The molecule has 0 aliphatic carbocycles. The molecule has 0 heterocycles. The molecule has 2 N–H and O–H groups in total. The van der Waals surface area contributed by atoms with E-state index in [1.807, 2.05) is 0 Å². The Balaban J connectivity index is 3.17. The van der Waals surface area contributed by atoms with E-state index in [2.05, 4.69) is 10.1 Å². The molecule has 1 aromatic rings. The smallest absolute Gasteiger partial charge is 0.408 e. The van der Waals surface area contributed by atoms with Gasteiger partial charge in [0.05, 0.1) is 16.9 Å². The number of nitro groups is 1. The third-order valence-electron chi connectivity index (χ3n) is 3.37. The highest BCUT2D eigenvalue weighted by atomic mass is 32.2. The second-order valence-corrected chi connectivity index (χ2v) is 8.25. The van der Waals surface area contributed by atoms with Gasteiger partial charge in [-0.05, 0) is 26.8 Å². The van der Waals surface area contributed by atoms with Gasteiger partial charge in [-0.3, -0.25) is 10.1 Å². The Hall–Kier alpha value is -2.89. The maximum atomic E-state index is 14.2. The standard InChI is InChI=1S/C17H21FN2O8S/c1-8(13(14(21)22)19-16(24)28-17(2,3)4)29-12-7-10(18)9(15(23)27-5)6-11(12)20(25)26/h6-8,13H,1-5H3,(H,19,24)(H,21,22). The molecule has 0 spiro atoms. The first kappa shape index (κ1) is 24.1. The number of carbonyl (C=O) groups excluding carboxylic acids is 2. The molecule has 2 unspecified atom stereocenters. The van der Waals surface area contributed by atoms with Crippen LogP contribution in [0.15, 0.2) is 17.0 Å². The minimum Gasteiger partial charge on any atom is -0.480 e. The summed E-state index contributed by atoms with van der Waals surface area (Å²) in [5.74, 6) is -3.57. The highest BCUT2D eigenvalue weighted by molar-refractivity contribution is 8.00. The van der Waals surface area contributed by atoms with Crippen molar-refractivity contribution in [2.24, 2.45) is 0 Å². The number of hydrogen-bond donors (Lipinski definition) is 2. The number of esters is 1. The predicted octanol–water partition coefficient (Wildman–Crippen LogP) is 2.98. The summed E-state index contributed by atoms with van der Waals surface area (Å²) in [6.45, 7) is 6.16. The van der Waals surface area contributed by atoms with Crippen LogP contribution >= 0.6 is 11.8 Å². The van der Waals surface area contributed by atoms with Crippen LogP contribution in [0.25, 0.3) is 0 Å². The summed E-state index contributed by atoms with van der Waals surface area (Å²) in [7, 11) is 0.998. The van der Waals surface area contributed by atoms with Crippen molar-refractivity contribution < 1.29 is 38.3 Å². The number of carboxylic acids is 1. The number of hydrogen-bond acceptors (Lipinski definition) is 8. The summed E-state index contributed by atoms with van der Waals surface area (Å²) in [6.07, 6.45) is -0.987. The van der Waals surface area contributed by atoms with Gasteiger partial charge in [0.2, 0.25) is 0 Å². The molecule has 0 aromatic heterocycles. The first-order valence-electron chi connectivity index (χ1n) is 8.22. The Bertz CT molecular complexity index is 824. The van der Waals surface area contributed by atoms with Gasteiger partial charge in [0.15, 0.2) is 0 Å². The van der Waals surface area contributed by atoms with Crippen LogP contribution in [0.4, 0.5) is 14.9 Å². The van der Waals surface area contributed by atoms with Crippen LogP contribution in [0.1, 0.15) is 38.1 Å². The van der Waals surface area contributed by atoms with Crippen molar-refractivity contribution in [2.75, 3.05) is 7.11 Å². The Kier molecular flexibility index (Phi) is 7.95. The molecule has 0 aliphatic heterocycles. The largest absolute Gasteiger partial charge is 0.480 e. The molecule has 29 heavy (non-hydrogen) atoms. The van der Waals surface area contributed by atoms with Crippen LogP contribution < -0.4 is 5.32 Å². The van der Waals surface area contributed by atoms with Crippen molar-refractivity contribution in [3.05, 3.63) is 33.6 Å². The van der Waals surface area contributed by atoms with Gasteiger partial charge in [0, 0.05) is 11.3 Å². The molecule has 10 nitrogen and oxygen atoms in total. The quantitative estimate of drug-likeness (QED) is 0.287.